The fourth-order valence-electron chi connectivity index (χ4n) is 0.277. The van der Waals surface area contributed by atoms with Gasteiger partial charge in [-0.15, -0.1) is 0 Å². The normalized spacial score (nSPS) is 6.00. The molecule has 1 nitrogen and oxygen atoms in total. The maximum Gasteiger partial charge on any atom is 2.00 e. The Morgan fingerprint density at radius 2 is 2.00 bits per heavy atom. The van der Waals surface area contributed by atoms with Crippen molar-refractivity contribution in [2.75, 3.05) is 0 Å². The minimum Gasteiger partial charge on any atom is -1.00 e. The fraction of sp³-hybridized carbons (Fsp3) is 0. The first-order valence-electron chi connectivity index (χ1n) is 1.77. The summed E-state index contributed by atoms with van der Waals surface area (Å²) in [4.78, 5) is 3.66. The van der Waals surface area contributed by atoms with Gasteiger partial charge in [-0.1, -0.05) is 12.4 Å². The summed E-state index contributed by atoms with van der Waals surface area (Å²) in [5, 5.41) is 0. The van der Waals surface area contributed by atoms with Gasteiger partial charge >= 0.3 is 17.1 Å². The van der Waals surface area contributed by atoms with Crippen molar-refractivity contribution < 1.29 is 29.5 Å². The first-order chi connectivity index (χ1) is 3.00. The number of pyridine rings is 1. The van der Waals surface area contributed by atoms with Gasteiger partial charge in [0.25, 0.3) is 0 Å². The van der Waals surface area contributed by atoms with Crippen LogP contribution in [0.5, 0.6) is 0 Å². The van der Waals surface area contributed by atoms with Crippen LogP contribution < -0.4 is 12.4 Å². The van der Waals surface area contributed by atoms with Crippen molar-refractivity contribution in [3.05, 3.63) is 30.6 Å². The number of halogens is 1. The Morgan fingerprint density at radius 1 is 1.25 bits per heavy atom. The third-order valence-electron chi connectivity index (χ3n) is 0.517. The summed E-state index contributed by atoms with van der Waals surface area (Å²) in [5.74, 6) is 0. The van der Waals surface area contributed by atoms with Crippen LogP contribution >= 0.6 is 0 Å². The molecule has 0 aliphatic carbocycles. The van der Waals surface area contributed by atoms with E-state index in [-0.39, 0.29) is 29.5 Å². The predicted molar refractivity (Wildman–Crippen MR) is 23.1 cm³/mol. The van der Waals surface area contributed by atoms with Gasteiger partial charge in [0.1, 0.15) is 0 Å². The molecule has 3 heteroatoms. The minimum absolute atomic E-state index is 0. The molecular formula is C5H4ClFeN. The second-order valence-electron chi connectivity index (χ2n) is 0.959. The van der Waals surface area contributed by atoms with Crippen molar-refractivity contribution >= 4 is 0 Å². The van der Waals surface area contributed by atoms with Crippen LogP contribution in [0.15, 0.2) is 24.4 Å². The van der Waals surface area contributed by atoms with Crippen LogP contribution in [0, 0.1) is 6.20 Å². The average molecular weight is 169 g/mol. The Morgan fingerprint density at radius 3 is 2.12 bits per heavy atom. The van der Waals surface area contributed by atoms with Crippen molar-refractivity contribution in [3.8, 4) is 0 Å². The van der Waals surface area contributed by atoms with E-state index in [0.29, 0.717) is 0 Å². The van der Waals surface area contributed by atoms with E-state index in [1.54, 1.807) is 12.3 Å². The van der Waals surface area contributed by atoms with E-state index >= 15 is 0 Å². The molecule has 1 rings (SSSR count). The van der Waals surface area contributed by atoms with E-state index in [0.717, 1.165) is 0 Å². The van der Waals surface area contributed by atoms with Gasteiger partial charge in [0.2, 0.25) is 0 Å². The molecule has 0 N–H and O–H groups in total. The second-order valence-corrected chi connectivity index (χ2v) is 0.959. The molecule has 0 aliphatic heterocycles. The van der Waals surface area contributed by atoms with Crippen LogP contribution in [0.2, 0.25) is 0 Å². The monoisotopic (exact) mass is 169 g/mol. The van der Waals surface area contributed by atoms with Crippen LogP contribution in [-0.4, -0.2) is 4.98 Å². The van der Waals surface area contributed by atoms with E-state index in [9.17, 15) is 0 Å². The van der Waals surface area contributed by atoms with Gasteiger partial charge < -0.3 is 17.4 Å². The molecule has 1 aromatic rings. The van der Waals surface area contributed by atoms with E-state index in [1.165, 1.54) is 0 Å². The molecule has 0 aliphatic rings. The topological polar surface area (TPSA) is 12.9 Å². The molecule has 0 unspecified atom stereocenters. The van der Waals surface area contributed by atoms with E-state index < -0.39 is 0 Å². The smallest absolute Gasteiger partial charge is 1.00 e. The molecule has 0 radical (unpaired) electrons. The molecule has 44 valence electrons. The van der Waals surface area contributed by atoms with Crippen LogP contribution in [0.4, 0.5) is 0 Å². The Hall–Kier alpha value is -0.0405. The van der Waals surface area contributed by atoms with E-state index in [4.69, 9.17) is 0 Å². The molecule has 0 amide bonds. The molecule has 0 atom stereocenters. The Bertz CT molecular complexity index is 84.4. The summed E-state index contributed by atoms with van der Waals surface area (Å²) < 4.78 is 0. The third kappa shape index (κ3) is 4.13. The third-order valence-corrected chi connectivity index (χ3v) is 0.517. The number of hydrogen-bond donors (Lipinski definition) is 0. The van der Waals surface area contributed by atoms with Gasteiger partial charge in [-0.25, -0.2) is 0 Å². The number of rotatable bonds is 0. The van der Waals surface area contributed by atoms with Gasteiger partial charge in [0.05, 0.1) is 0 Å². The van der Waals surface area contributed by atoms with E-state index in [2.05, 4.69) is 11.2 Å². The molecule has 0 bridgehead atoms. The summed E-state index contributed by atoms with van der Waals surface area (Å²) >= 11 is 0. The molecule has 0 spiro atoms. The molecule has 0 aromatic carbocycles. The number of aromatic nitrogens is 1. The van der Waals surface area contributed by atoms with Gasteiger partial charge in [0, 0.05) is 0 Å². The van der Waals surface area contributed by atoms with Crippen LogP contribution in [0.3, 0.4) is 0 Å². The van der Waals surface area contributed by atoms with Crippen LogP contribution in [0.25, 0.3) is 0 Å². The van der Waals surface area contributed by atoms with Gasteiger partial charge in [0.15, 0.2) is 0 Å². The van der Waals surface area contributed by atoms with Gasteiger partial charge in [-0.2, -0.15) is 18.2 Å². The Kier molecular flexibility index (Phi) is 9.44. The summed E-state index contributed by atoms with van der Waals surface area (Å²) in [6, 6.07) is 5.50. The maximum atomic E-state index is 3.66. The quantitative estimate of drug-likeness (QED) is 0.320. The van der Waals surface area contributed by atoms with Crippen molar-refractivity contribution in [2.45, 2.75) is 0 Å². The minimum atomic E-state index is 0. The first kappa shape index (κ1) is 10.9. The predicted octanol–water partition coefficient (Wildman–Crippen LogP) is -2.12. The zero-order chi connectivity index (χ0) is 4.24. The largest absolute Gasteiger partial charge is 2.00 e. The fourth-order valence-corrected chi connectivity index (χ4v) is 0.277. The van der Waals surface area contributed by atoms with Crippen molar-refractivity contribution in [3.63, 3.8) is 0 Å². The summed E-state index contributed by atoms with van der Waals surface area (Å²) in [6.07, 6.45) is 4.34. The standard InChI is InChI=1S/C5H4N.ClH.Fe/c1-2-4-6-5-3-1;;/h1-4H;1H;/q-1;;+2/p-1. The van der Waals surface area contributed by atoms with Gasteiger partial charge in [-0.3, -0.25) is 0 Å². The summed E-state index contributed by atoms with van der Waals surface area (Å²) in [7, 11) is 0. The van der Waals surface area contributed by atoms with Crippen LogP contribution in [-0.2, 0) is 17.1 Å². The van der Waals surface area contributed by atoms with Crippen LogP contribution in [0.1, 0.15) is 0 Å². The number of nitrogens with zero attached hydrogens (tertiary/aromatic N) is 1. The van der Waals surface area contributed by atoms with Gasteiger partial charge in [-0.05, 0) is 0 Å². The molecule has 0 saturated carbocycles. The zero-order valence-corrected chi connectivity index (χ0v) is 5.85. The molecule has 0 fully saturated rings. The Labute approximate surface area is 65.4 Å². The zero-order valence-electron chi connectivity index (χ0n) is 3.99. The second kappa shape index (κ2) is 6.96. The molecule has 1 aromatic heterocycles. The molecule has 8 heavy (non-hydrogen) atoms. The summed E-state index contributed by atoms with van der Waals surface area (Å²) in [6.45, 7) is 0. The summed E-state index contributed by atoms with van der Waals surface area (Å²) in [5.41, 5.74) is 0. The van der Waals surface area contributed by atoms with E-state index in [1.807, 2.05) is 12.1 Å². The van der Waals surface area contributed by atoms with Crippen molar-refractivity contribution in [1.29, 1.82) is 0 Å². The maximum absolute atomic E-state index is 3.66. The number of hydrogen-bond acceptors (Lipinski definition) is 1. The molecular weight excluding hydrogens is 165 g/mol. The van der Waals surface area contributed by atoms with Crippen molar-refractivity contribution in [1.82, 2.24) is 4.98 Å². The Balaban J connectivity index is 0. The molecule has 1 heterocycles. The SMILES string of the molecule is [Cl-].[Fe+2].[c-]1ccccn1. The molecule has 0 saturated heterocycles. The average Bonchev–Trinajstić information content (AvgIpc) is 1.72. The van der Waals surface area contributed by atoms with Crippen molar-refractivity contribution in [2.24, 2.45) is 0 Å². The first-order valence-corrected chi connectivity index (χ1v) is 1.77.